The van der Waals surface area contributed by atoms with E-state index in [9.17, 15) is 4.79 Å². The number of hydrogen-bond donors (Lipinski definition) is 2. The van der Waals surface area contributed by atoms with Gasteiger partial charge >= 0.3 is 6.09 Å². The van der Waals surface area contributed by atoms with Crippen LogP contribution in [0.4, 0.5) is 4.79 Å². The number of hydrazine groups is 1. The molecule has 0 aliphatic rings. The molecule has 66 valence electrons. The Morgan fingerprint density at radius 3 is 2.64 bits per heavy atom. The van der Waals surface area contributed by atoms with Crippen molar-refractivity contribution in [2.45, 2.75) is 33.2 Å². The van der Waals surface area contributed by atoms with Gasteiger partial charge in [-0.1, -0.05) is 6.92 Å². The fourth-order valence-corrected chi connectivity index (χ4v) is 0.451. The Hall–Kier alpha value is -0.770. The summed E-state index contributed by atoms with van der Waals surface area (Å²) in [6, 6.07) is 0.277. The van der Waals surface area contributed by atoms with Gasteiger partial charge in [-0.2, -0.15) is 0 Å². The molecule has 0 saturated carbocycles. The summed E-state index contributed by atoms with van der Waals surface area (Å²) in [5, 5.41) is 0. The molecule has 2 N–H and O–H groups in total. The molecule has 0 bridgehead atoms. The van der Waals surface area contributed by atoms with E-state index >= 15 is 0 Å². The van der Waals surface area contributed by atoms with Crippen molar-refractivity contribution in [3.8, 4) is 0 Å². The Balaban J connectivity index is 3.30. The molecule has 4 heteroatoms. The summed E-state index contributed by atoms with van der Waals surface area (Å²) in [7, 11) is 0. The van der Waals surface area contributed by atoms with E-state index in [1.54, 1.807) is 6.92 Å². The number of amides is 1. The largest absolute Gasteiger partial charge is 0.449 e. The number of carbonyl (C=O) groups excluding carboxylic acids is 1. The van der Waals surface area contributed by atoms with Gasteiger partial charge in [0, 0.05) is 6.04 Å². The molecule has 0 aromatic heterocycles. The lowest BCUT2D eigenvalue weighted by Crippen LogP contribution is -2.42. The van der Waals surface area contributed by atoms with Crippen LogP contribution in [0, 0.1) is 0 Å². The maximum atomic E-state index is 10.7. The Morgan fingerprint density at radius 2 is 2.18 bits per heavy atom. The first-order valence-corrected chi connectivity index (χ1v) is 3.89. The molecule has 0 aliphatic carbocycles. The minimum atomic E-state index is -0.423. The molecule has 0 saturated heterocycles. The zero-order chi connectivity index (χ0) is 8.69. The molecule has 1 unspecified atom stereocenters. The average Bonchev–Trinajstić information content (AvgIpc) is 2.01. The van der Waals surface area contributed by atoms with E-state index in [0.717, 1.165) is 6.42 Å². The van der Waals surface area contributed by atoms with Gasteiger partial charge in [-0.05, 0) is 20.3 Å². The first-order chi connectivity index (χ1) is 5.20. The molecule has 0 radical (unpaired) electrons. The molecule has 0 aromatic rings. The van der Waals surface area contributed by atoms with Gasteiger partial charge in [-0.3, -0.25) is 5.43 Å². The molecule has 0 aliphatic heterocycles. The summed E-state index contributed by atoms with van der Waals surface area (Å²) < 4.78 is 4.62. The highest BCUT2D eigenvalue weighted by Crippen LogP contribution is 1.84. The smallest absolute Gasteiger partial charge is 0.421 e. The monoisotopic (exact) mass is 160 g/mol. The molecule has 0 heterocycles. The quantitative estimate of drug-likeness (QED) is 0.604. The summed E-state index contributed by atoms with van der Waals surface area (Å²) in [6.07, 6.45) is 0.541. The van der Waals surface area contributed by atoms with Crippen molar-refractivity contribution < 1.29 is 9.53 Å². The zero-order valence-electron chi connectivity index (χ0n) is 7.31. The molecule has 0 aromatic carbocycles. The summed E-state index contributed by atoms with van der Waals surface area (Å²) in [5.41, 5.74) is 5.22. The van der Waals surface area contributed by atoms with Crippen LogP contribution in [-0.4, -0.2) is 18.7 Å². The first-order valence-electron chi connectivity index (χ1n) is 3.89. The van der Waals surface area contributed by atoms with Gasteiger partial charge in [0.25, 0.3) is 0 Å². The van der Waals surface area contributed by atoms with Crippen molar-refractivity contribution in [1.82, 2.24) is 10.9 Å². The fourth-order valence-electron chi connectivity index (χ4n) is 0.451. The lowest BCUT2D eigenvalue weighted by Gasteiger charge is -2.11. The van der Waals surface area contributed by atoms with E-state index in [2.05, 4.69) is 15.6 Å². The van der Waals surface area contributed by atoms with Crippen molar-refractivity contribution in [2.24, 2.45) is 0 Å². The predicted octanol–water partition coefficient (Wildman–Crippen LogP) is 1.04. The van der Waals surface area contributed by atoms with Crippen LogP contribution in [0.2, 0.25) is 0 Å². The highest BCUT2D eigenvalue weighted by Gasteiger charge is 2.00. The van der Waals surface area contributed by atoms with E-state index in [1.165, 1.54) is 0 Å². The fraction of sp³-hybridized carbons (Fsp3) is 0.857. The second-order valence-corrected chi connectivity index (χ2v) is 2.30. The Kier molecular flexibility index (Phi) is 5.56. The van der Waals surface area contributed by atoms with Crippen LogP contribution in [0.25, 0.3) is 0 Å². The molecular formula is C7H16N2O2. The third-order valence-electron chi connectivity index (χ3n) is 1.31. The van der Waals surface area contributed by atoms with Gasteiger partial charge < -0.3 is 4.74 Å². The highest BCUT2D eigenvalue weighted by atomic mass is 16.5. The van der Waals surface area contributed by atoms with Crippen LogP contribution in [0.1, 0.15) is 27.2 Å². The van der Waals surface area contributed by atoms with Gasteiger partial charge in [-0.15, -0.1) is 0 Å². The topological polar surface area (TPSA) is 50.4 Å². The molecule has 0 fully saturated rings. The molecule has 4 nitrogen and oxygen atoms in total. The van der Waals surface area contributed by atoms with Gasteiger partial charge in [0.2, 0.25) is 0 Å². The van der Waals surface area contributed by atoms with Crippen molar-refractivity contribution in [3.63, 3.8) is 0 Å². The minimum Gasteiger partial charge on any atom is -0.449 e. The highest BCUT2D eigenvalue weighted by molar-refractivity contribution is 5.66. The van der Waals surface area contributed by atoms with Crippen LogP contribution < -0.4 is 10.9 Å². The van der Waals surface area contributed by atoms with Crippen molar-refractivity contribution >= 4 is 6.09 Å². The van der Waals surface area contributed by atoms with E-state index in [4.69, 9.17) is 0 Å². The number of nitrogens with one attached hydrogen (secondary N) is 2. The summed E-state index contributed by atoms with van der Waals surface area (Å²) in [6.45, 7) is 6.17. The minimum absolute atomic E-state index is 0.277. The second kappa shape index (κ2) is 5.97. The van der Waals surface area contributed by atoms with E-state index in [1.807, 2.05) is 13.8 Å². The Labute approximate surface area is 67.3 Å². The number of rotatable bonds is 4. The van der Waals surface area contributed by atoms with Crippen LogP contribution in [0.5, 0.6) is 0 Å². The third-order valence-corrected chi connectivity index (χ3v) is 1.31. The van der Waals surface area contributed by atoms with E-state index < -0.39 is 6.09 Å². The summed E-state index contributed by atoms with van der Waals surface area (Å²) in [4.78, 5) is 10.7. The lowest BCUT2D eigenvalue weighted by atomic mass is 10.3. The molecule has 11 heavy (non-hydrogen) atoms. The molecule has 0 spiro atoms. The van der Waals surface area contributed by atoms with Gasteiger partial charge in [0.15, 0.2) is 0 Å². The molecular weight excluding hydrogens is 144 g/mol. The summed E-state index contributed by atoms with van der Waals surface area (Å²) in [5.74, 6) is 0. The van der Waals surface area contributed by atoms with Gasteiger partial charge in [0.1, 0.15) is 0 Å². The maximum absolute atomic E-state index is 10.7. The first kappa shape index (κ1) is 10.2. The van der Waals surface area contributed by atoms with Gasteiger partial charge in [-0.25, -0.2) is 10.2 Å². The predicted molar refractivity (Wildman–Crippen MR) is 43.0 cm³/mol. The average molecular weight is 160 g/mol. The number of ether oxygens (including phenoxy) is 1. The van der Waals surface area contributed by atoms with E-state index in [0.29, 0.717) is 6.61 Å². The Bertz CT molecular complexity index is 117. The van der Waals surface area contributed by atoms with E-state index in [-0.39, 0.29) is 6.04 Å². The van der Waals surface area contributed by atoms with Gasteiger partial charge in [0.05, 0.1) is 6.61 Å². The summed E-state index contributed by atoms with van der Waals surface area (Å²) >= 11 is 0. The standard InChI is InChI=1S/C7H16N2O2/c1-4-6(3)8-9-7(10)11-5-2/h6,8H,4-5H2,1-3H3,(H,9,10). The number of hydrogen-bond acceptors (Lipinski definition) is 3. The lowest BCUT2D eigenvalue weighted by molar-refractivity contribution is 0.145. The van der Waals surface area contributed by atoms with Crippen molar-refractivity contribution in [2.75, 3.05) is 6.61 Å². The van der Waals surface area contributed by atoms with Crippen LogP contribution >= 0.6 is 0 Å². The number of carbonyl (C=O) groups is 1. The molecule has 1 amide bonds. The SMILES string of the molecule is CCOC(=O)NNC(C)CC. The zero-order valence-corrected chi connectivity index (χ0v) is 7.31. The van der Waals surface area contributed by atoms with Crippen molar-refractivity contribution in [1.29, 1.82) is 0 Å². The molecule has 1 atom stereocenters. The van der Waals surface area contributed by atoms with Crippen LogP contribution in [0.3, 0.4) is 0 Å². The Morgan fingerprint density at radius 1 is 1.55 bits per heavy atom. The second-order valence-electron chi connectivity index (χ2n) is 2.30. The normalized spacial score (nSPS) is 12.3. The third kappa shape index (κ3) is 5.66. The molecule has 0 rings (SSSR count). The maximum Gasteiger partial charge on any atom is 0.421 e. The van der Waals surface area contributed by atoms with Crippen LogP contribution in [0.15, 0.2) is 0 Å². The van der Waals surface area contributed by atoms with Crippen molar-refractivity contribution in [3.05, 3.63) is 0 Å². The van der Waals surface area contributed by atoms with Crippen LogP contribution in [-0.2, 0) is 4.74 Å².